The second-order valence-electron chi connectivity index (χ2n) is 7.04. The van der Waals surface area contributed by atoms with Crippen LogP contribution in [0.5, 0.6) is 0 Å². The van der Waals surface area contributed by atoms with E-state index in [1.807, 2.05) is 29.6 Å². The summed E-state index contributed by atoms with van der Waals surface area (Å²) in [7, 11) is 0. The monoisotopic (exact) mass is 380 g/mol. The molecule has 4 heterocycles. The molecule has 0 aromatic carbocycles. The van der Waals surface area contributed by atoms with Crippen LogP contribution in [0.4, 0.5) is 4.79 Å². The van der Waals surface area contributed by atoms with Gasteiger partial charge in [-0.3, -0.25) is 10.1 Å². The molecule has 0 spiro atoms. The fourth-order valence-electron chi connectivity index (χ4n) is 3.52. The number of H-pyrrole nitrogens is 1. The Kier molecular flexibility index (Phi) is 5.60. The zero-order valence-electron chi connectivity index (χ0n) is 15.7. The van der Waals surface area contributed by atoms with Crippen molar-refractivity contribution in [1.82, 2.24) is 39.9 Å². The summed E-state index contributed by atoms with van der Waals surface area (Å²) in [6.07, 6.45) is 11.8. The Morgan fingerprint density at radius 1 is 1.32 bits per heavy atom. The van der Waals surface area contributed by atoms with Crippen molar-refractivity contribution in [1.29, 1.82) is 0 Å². The molecule has 1 saturated heterocycles. The number of hydrogen-bond acceptors (Lipinski definition) is 5. The first-order valence-electron chi connectivity index (χ1n) is 9.58. The number of carbonyl (C=O) groups excluding carboxylic acids is 1. The van der Waals surface area contributed by atoms with Crippen molar-refractivity contribution in [2.24, 2.45) is 5.92 Å². The van der Waals surface area contributed by atoms with Gasteiger partial charge in [-0.15, -0.1) is 0 Å². The first kappa shape index (κ1) is 18.1. The topological polar surface area (TPSA) is 105 Å². The van der Waals surface area contributed by atoms with Gasteiger partial charge in [0.2, 0.25) is 0 Å². The van der Waals surface area contributed by atoms with Crippen LogP contribution in [0.2, 0.25) is 0 Å². The maximum atomic E-state index is 12.5. The Hall–Kier alpha value is -3.23. The molecular weight excluding hydrogens is 356 g/mol. The summed E-state index contributed by atoms with van der Waals surface area (Å²) < 4.78 is 2.08. The lowest BCUT2D eigenvalue weighted by Gasteiger charge is -2.32. The second-order valence-corrected chi connectivity index (χ2v) is 7.04. The average molecular weight is 380 g/mol. The van der Waals surface area contributed by atoms with Gasteiger partial charge >= 0.3 is 6.03 Å². The molecule has 0 radical (unpaired) electrons. The van der Waals surface area contributed by atoms with E-state index in [9.17, 15) is 4.79 Å². The number of likely N-dealkylation sites (tertiary alicyclic amines) is 1. The highest BCUT2D eigenvalue weighted by atomic mass is 16.2. The van der Waals surface area contributed by atoms with Crippen LogP contribution in [0, 0.1) is 5.92 Å². The Morgan fingerprint density at radius 3 is 3.11 bits per heavy atom. The van der Waals surface area contributed by atoms with Gasteiger partial charge in [0.15, 0.2) is 5.82 Å². The zero-order valence-corrected chi connectivity index (χ0v) is 15.7. The van der Waals surface area contributed by atoms with Crippen LogP contribution in [0.25, 0.3) is 11.4 Å². The first-order chi connectivity index (χ1) is 13.8. The first-order valence-corrected chi connectivity index (χ1v) is 9.58. The fraction of sp³-hybridized carbons (Fsp3) is 0.421. The molecule has 2 amide bonds. The lowest BCUT2D eigenvalue weighted by atomic mass is 9.98. The number of urea groups is 1. The Labute approximate surface area is 163 Å². The molecule has 0 bridgehead atoms. The van der Waals surface area contributed by atoms with Gasteiger partial charge in [0.25, 0.3) is 0 Å². The van der Waals surface area contributed by atoms with E-state index in [4.69, 9.17) is 0 Å². The SMILES string of the molecule is O=C(NCCc1nc(-c2cccnc2)n[nH]1)N1CCC[C@H](Cn2ccnc2)C1. The minimum absolute atomic E-state index is 0.0117. The summed E-state index contributed by atoms with van der Waals surface area (Å²) in [6.45, 7) is 3.00. The molecule has 4 rings (SSSR count). The summed E-state index contributed by atoms with van der Waals surface area (Å²) in [5.74, 6) is 1.83. The van der Waals surface area contributed by atoms with E-state index in [1.54, 1.807) is 18.6 Å². The molecule has 3 aromatic rings. The van der Waals surface area contributed by atoms with Gasteiger partial charge in [0, 0.05) is 63.0 Å². The summed E-state index contributed by atoms with van der Waals surface area (Å²) >= 11 is 0. The maximum Gasteiger partial charge on any atom is 0.317 e. The number of aromatic nitrogens is 6. The van der Waals surface area contributed by atoms with E-state index in [2.05, 4.69) is 35.0 Å². The third-order valence-corrected chi connectivity index (χ3v) is 4.92. The number of aromatic amines is 1. The van der Waals surface area contributed by atoms with Crippen LogP contribution < -0.4 is 5.32 Å². The molecule has 28 heavy (non-hydrogen) atoms. The van der Waals surface area contributed by atoms with Crippen molar-refractivity contribution in [2.45, 2.75) is 25.8 Å². The third kappa shape index (κ3) is 4.54. The van der Waals surface area contributed by atoms with Crippen molar-refractivity contribution >= 4 is 6.03 Å². The van der Waals surface area contributed by atoms with Crippen LogP contribution >= 0.6 is 0 Å². The number of nitrogens with one attached hydrogen (secondary N) is 2. The maximum absolute atomic E-state index is 12.5. The van der Waals surface area contributed by atoms with Gasteiger partial charge in [-0.2, -0.15) is 5.10 Å². The van der Waals surface area contributed by atoms with E-state index in [0.29, 0.717) is 24.7 Å². The molecule has 9 nitrogen and oxygen atoms in total. The predicted octanol–water partition coefficient (Wildman–Crippen LogP) is 1.73. The molecule has 1 aliphatic rings. The average Bonchev–Trinajstić information content (AvgIpc) is 3.41. The normalized spacial score (nSPS) is 16.9. The largest absolute Gasteiger partial charge is 0.338 e. The highest BCUT2D eigenvalue weighted by Gasteiger charge is 2.23. The Balaban J connectivity index is 1.24. The summed E-state index contributed by atoms with van der Waals surface area (Å²) in [4.78, 5) is 27.0. The minimum atomic E-state index is -0.0117. The number of pyridine rings is 1. The van der Waals surface area contributed by atoms with E-state index in [0.717, 1.165) is 43.9 Å². The number of hydrogen-bond donors (Lipinski definition) is 2. The molecule has 3 aromatic heterocycles. The van der Waals surface area contributed by atoms with Crippen LogP contribution in [-0.2, 0) is 13.0 Å². The molecule has 2 N–H and O–H groups in total. The van der Waals surface area contributed by atoms with Crippen molar-refractivity contribution in [2.75, 3.05) is 19.6 Å². The highest BCUT2D eigenvalue weighted by molar-refractivity contribution is 5.74. The van der Waals surface area contributed by atoms with E-state index >= 15 is 0 Å². The highest BCUT2D eigenvalue weighted by Crippen LogP contribution is 2.18. The molecule has 0 aliphatic carbocycles. The minimum Gasteiger partial charge on any atom is -0.338 e. The number of rotatable bonds is 6. The fourth-order valence-corrected chi connectivity index (χ4v) is 3.52. The zero-order chi connectivity index (χ0) is 19.2. The van der Waals surface area contributed by atoms with Crippen LogP contribution in [0.3, 0.4) is 0 Å². The van der Waals surface area contributed by atoms with Crippen molar-refractivity contribution in [3.05, 3.63) is 49.1 Å². The molecule has 1 fully saturated rings. The van der Waals surface area contributed by atoms with Crippen molar-refractivity contribution in [3.63, 3.8) is 0 Å². The summed E-state index contributed by atoms with van der Waals surface area (Å²) in [5.41, 5.74) is 0.867. The number of imidazole rings is 1. The smallest absolute Gasteiger partial charge is 0.317 e. The van der Waals surface area contributed by atoms with E-state index in [-0.39, 0.29) is 6.03 Å². The molecule has 0 saturated carbocycles. The van der Waals surface area contributed by atoms with Crippen LogP contribution in [0.15, 0.2) is 43.2 Å². The number of carbonyl (C=O) groups is 1. The van der Waals surface area contributed by atoms with Crippen molar-refractivity contribution in [3.8, 4) is 11.4 Å². The molecular formula is C19H24N8O. The van der Waals surface area contributed by atoms with Gasteiger partial charge in [-0.25, -0.2) is 14.8 Å². The summed E-state index contributed by atoms with van der Waals surface area (Å²) in [6, 6.07) is 3.75. The molecule has 146 valence electrons. The predicted molar refractivity (Wildman–Crippen MR) is 103 cm³/mol. The lowest BCUT2D eigenvalue weighted by Crippen LogP contribution is -2.46. The summed E-state index contributed by atoms with van der Waals surface area (Å²) in [5, 5.41) is 10.1. The third-order valence-electron chi connectivity index (χ3n) is 4.92. The lowest BCUT2D eigenvalue weighted by molar-refractivity contribution is 0.159. The molecule has 1 atom stereocenters. The number of nitrogens with zero attached hydrogens (tertiary/aromatic N) is 6. The van der Waals surface area contributed by atoms with Gasteiger partial charge in [-0.05, 0) is 30.9 Å². The van der Waals surface area contributed by atoms with E-state index in [1.165, 1.54) is 0 Å². The molecule has 0 unspecified atom stereocenters. The van der Waals surface area contributed by atoms with Crippen LogP contribution in [0.1, 0.15) is 18.7 Å². The van der Waals surface area contributed by atoms with Crippen LogP contribution in [-0.4, -0.2) is 60.3 Å². The second kappa shape index (κ2) is 8.64. The van der Waals surface area contributed by atoms with Gasteiger partial charge in [0.1, 0.15) is 5.82 Å². The Morgan fingerprint density at radius 2 is 2.29 bits per heavy atom. The Bertz CT molecular complexity index is 876. The van der Waals surface area contributed by atoms with Gasteiger partial charge in [-0.1, -0.05) is 0 Å². The number of piperidine rings is 1. The number of amides is 2. The van der Waals surface area contributed by atoms with Gasteiger partial charge < -0.3 is 14.8 Å². The quantitative estimate of drug-likeness (QED) is 0.678. The van der Waals surface area contributed by atoms with E-state index < -0.39 is 0 Å². The van der Waals surface area contributed by atoms with Gasteiger partial charge in [0.05, 0.1) is 6.33 Å². The van der Waals surface area contributed by atoms with Crippen molar-refractivity contribution < 1.29 is 4.79 Å². The molecule has 9 heteroatoms. The standard InChI is InChI=1S/C19H24N8O/c28-19(27-9-2-3-15(13-27)12-26-10-8-21-14-26)22-7-5-17-23-18(25-24-17)16-4-1-6-20-11-16/h1,4,6,8,10-11,14-15H,2-3,5,7,9,12-13H2,(H,22,28)(H,23,24,25)/t15-/m1/s1. The molecule has 1 aliphatic heterocycles.